The zero-order chi connectivity index (χ0) is 21.2. The Bertz CT molecular complexity index is 932. The summed E-state index contributed by atoms with van der Waals surface area (Å²) in [6, 6.07) is 7.91. The van der Waals surface area contributed by atoms with Gasteiger partial charge in [-0.2, -0.15) is 0 Å². The van der Waals surface area contributed by atoms with Gasteiger partial charge in [-0.25, -0.2) is 4.39 Å². The molecule has 1 fully saturated rings. The fourth-order valence-corrected chi connectivity index (χ4v) is 4.86. The van der Waals surface area contributed by atoms with Gasteiger partial charge in [0.25, 0.3) is 0 Å². The van der Waals surface area contributed by atoms with Gasteiger partial charge in [-0.05, 0) is 99.2 Å². The molecule has 0 saturated heterocycles. The van der Waals surface area contributed by atoms with Crippen molar-refractivity contribution in [3.8, 4) is 11.5 Å². The maximum Gasteiger partial charge on any atom is 0.356 e. The summed E-state index contributed by atoms with van der Waals surface area (Å²) in [4.78, 5) is 18.7. The maximum absolute atomic E-state index is 14.8. The van der Waals surface area contributed by atoms with Gasteiger partial charge >= 0.3 is 7.60 Å². The normalized spacial score (nSPS) is 20.2. The van der Waals surface area contributed by atoms with Gasteiger partial charge in [-0.3, -0.25) is 4.57 Å². The predicted molar refractivity (Wildman–Crippen MR) is 114 cm³/mol. The summed E-state index contributed by atoms with van der Waals surface area (Å²) in [6.45, 7) is 5.43. The number of hydrogen-bond donors (Lipinski definition) is 2. The Kier molecular flexibility index (Phi) is 6.62. The molecule has 6 heteroatoms. The summed E-state index contributed by atoms with van der Waals surface area (Å²) in [5.74, 6) is 1.11. The molecule has 0 bridgehead atoms. The van der Waals surface area contributed by atoms with Crippen molar-refractivity contribution in [1.82, 2.24) is 0 Å². The van der Waals surface area contributed by atoms with Crippen LogP contribution in [0.1, 0.15) is 55.2 Å². The van der Waals surface area contributed by atoms with Crippen molar-refractivity contribution in [3.63, 3.8) is 0 Å². The average Bonchev–Trinajstić information content (AvgIpc) is 2.65. The first-order valence-corrected chi connectivity index (χ1v) is 11.6. The van der Waals surface area contributed by atoms with Crippen LogP contribution in [-0.4, -0.2) is 9.79 Å². The van der Waals surface area contributed by atoms with Gasteiger partial charge in [0.05, 0.1) is 5.30 Å². The minimum atomic E-state index is -4.35. The minimum absolute atomic E-state index is 0.0656. The SMILES string of the molecule is C/C=C/C1CCC(c2ccc(Oc3c(C)cc(P(=O)(O)O)cc3C)c(F)c2)CC1. The van der Waals surface area contributed by atoms with Crippen molar-refractivity contribution in [2.45, 2.75) is 52.4 Å². The number of rotatable bonds is 5. The van der Waals surface area contributed by atoms with Crippen molar-refractivity contribution >= 4 is 12.9 Å². The van der Waals surface area contributed by atoms with E-state index >= 15 is 0 Å². The van der Waals surface area contributed by atoms with Crippen molar-refractivity contribution in [2.24, 2.45) is 5.92 Å². The van der Waals surface area contributed by atoms with Crippen LogP contribution in [0.25, 0.3) is 0 Å². The number of halogens is 1. The fourth-order valence-electron chi connectivity index (χ4n) is 4.14. The summed E-state index contributed by atoms with van der Waals surface area (Å²) in [5.41, 5.74) is 2.10. The second-order valence-corrected chi connectivity index (χ2v) is 9.49. The number of ether oxygens (including phenoxy) is 1. The molecule has 1 saturated carbocycles. The lowest BCUT2D eigenvalue weighted by Crippen LogP contribution is -2.12. The molecule has 3 rings (SSSR count). The number of hydrogen-bond acceptors (Lipinski definition) is 2. The Balaban J connectivity index is 1.77. The topological polar surface area (TPSA) is 66.8 Å². The van der Waals surface area contributed by atoms with E-state index in [2.05, 4.69) is 12.2 Å². The molecule has 0 atom stereocenters. The van der Waals surface area contributed by atoms with E-state index in [0.29, 0.717) is 28.7 Å². The van der Waals surface area contributed by atoms with Crippen LogP contribution in [0, 0.1) is 25.6 Å². The molecule has 0 aromatic heterocycles. The fraction of sp³-hybridized carbons (Fsp3) is 0.391. The summed E-state index contributed by atoms with van der Waals surface area (Å²) in [7, 11) is -4.35. The third kappa shape index (κ3) is 5.16. The van der Waals surface area contributed by atoms with Crippen molar-refractivity contribution < 1.29 is 23.5 Å². The van der Waals surface area contributed by atoms with E-state index in [0.717, 1.165) is 31.2 Å². The first-order chi connectivity index (χ1) is 13.7. The van der Waals surface area contributed by atoms with Crippen molar-refractivity contribution in [1.29, 1.82) is 0 Å². The molecular formula is C23H28FO4P. The highest BCUT2D eigenvalue weighted by molar-refractivity contribution is 7.60. The average molecular weight is 418 g/mol. The van der Waals surface area contributed by atoms with Crippen LogP contribution < -0.4 is 10.0 Å². The van der Waals surface area contributed by atoms with E-state index in [1.165, 1.54) is 12.1 Å². The third-order valence-electron chi connectivity index (χ3n) is 5.66. The van der Waals surface area contributed by atoms with Gasteiger partial charge < -0.3 is 14.5 Å². The summed E-state index contributed by atoms with van der Waals surface area (Å²) < 4.78 is 32.0. The molecule has 156 valence electrons. The van der Waals surface area contributed by atoms with Crippen molar-refractivity contribution in [2.75, 3.05) is 0 Å². The lowest BCUT2D eigenvalue weighted by atomic mass is 9.78. The van der Waals surface area contributed by atoms with E-state index < -0.39 is 13.4 Å². The molecule has 2 N–H and O–H groups in total. The second kappa shape index (κ2) is 8.83. The van der Waals surface area contributed by atoms with Gasteiger partial charge in [-0.15, -0.1) is 0 Å². The van der Waals surface area contributed by atoms with Crippen LogP contribution in [0.3, 0.4) is 0 Å². The van der Waals surface area contributed by atoms with Crippen LogP contribution >= 0.6 is 7.60 Å². The van der Waals surface area contributed by atoms with E-state index in [-0.39, 0.29) is 11.1 Å². The largest absolute Gasteiger partial charge is 0.454 e. The van der Waals surface area contributed by atoms with Gasteiger partial charge in [0.1, 0.15) is 5.75 Å². The Morgan fingerprint density at radius 1 is 1.07 bits per heavy atom. The number of benzene rings is 2. The molecule has 0 radical (unpaired) electrons. The predicted octanol–water partition coefficient (Wildman–Crippen LogP) is 5.89. The first kappa shape index (κ1) is 21.8. The summed E-state index contributed by atoms with van der Waals surface area (Å²) in [6.07, 6.45) is 8.72. The molecule has 2 aromatic carbocycles. The van der Waals surface area contributed by atoms with Crippen LogP contribution in [0.2, 0.25) is 0 Å². The Labute approximate surface area is 171 Å². The van der Waals surface area contributed by atoms with Gasteiger partial charge in [0, 0.05) is 0 Å². The third-order valence-corrected chi connectivity index (χ3v) is 6.59. The Morgan fingerprint density at radius 3 is 2.21 bits per heavy atom. The smallest absolute Gasteiger partial charge is 0.356 e. The molecule has 4 nitrogen and oxygen atoms in total. The highest BCUT2D eigenvalue weighted by Gasteiger charge is 2.23. The van der Waals surface area contributed by atoms with Crippen LogP contribution in [-0.2, 0) is 4.57 Å². The Morgan fingerprint density at radius 2 is 1.69 bits per heavy atom. The number of aryl methyl sites for hydroxylation is 2. The van der Waals surface area contributed by atoms with E-state index in [4.69, 9.17) is 4.74 Å². The monoisotopic (exact) mass is 418 g/mol. The van der Waals surface area contributed by atoms with Gasteiger partial charge in [0.15, 0.2) is 11.6 Å². The molecule has 0 aliphatic heterocycles. The molecule has 0 unspecified atom stereocenters. The quantitative estimate of drug-likeness (QED) is 0.470. The lowest BCUT2D eigenvalue weighted by Gasteiger charge is -2.27. The molecule has 1 aliphatic rings. The lowest BCUT2D eigenvalue weighted by molar-refractivity contribution is 0.373. The molecule has 1 aliphatic carbocycles. The summed E-state index contributed by atoms with van der Waals surface area (Å²) in [5, 5.41) is -0.0656. The molecule has 0 amide bonds. The standard InChI is InChI=1S/C23H28FO4P/c1-4-5-17-6-8-18(9-7-17)19-10-11-22(21(24)14-19)28-23-15(2)12-20(13-16(23)3)29(25,26)27/h4-5,10-14,17-18H,6-9H2,1-3H3,(H2,25,26,27)/b5-4+. The highest BCUT2D eigenvalue weighted by atomic mass is 31.2. The van der Waals surface area contributed by atoms with Gasteiger partial charge in [0.2, 0.25) is 0 Å². The second-order valence-electron chi connectivity index (χ2n) is 7.88. The number of allylic oxidation sites excluding steroid dienone is 2. The van der Waals surface area contributed by atoms with E-state index in [1.807, 2.05) is 13.0 Å². The maximum atomic E-state index is 14.8. The molecule has 29 heavy (non-hydrogen) atoms. The van der Waals surface area contributed by atoms with Gasteiger partial charge in [-0.1, -0.05) is 18.2 Å². The van der Waals surface area contributed by atoms with Crippen LogP contribution in [0.4, 0.5) is 4.39 Å². The zero-order valence-electron chi connectivity index (χ0n) is 17.1. The van der Waals surface area contributed by atoms with E-state index in [1.54, 1.807) is 26.0 Å². The minimum Gasteiger partial charge on any atom is -0.454 e. The van der Waals surface area contributed by atoms with Crippen LogP contribution in [0.5, 0.6) is 11.5 Å². The summed E-state index contributed by atoms with van der Waals surface area (Å²) >= 11 is 0. The molecule has 0 heterocycles. The Hall–Kier alpha value is -1.94. The van der Waals surface area contributed by atoms with Crippen molar-refractivity contribution in [3.05, 3.63) is 65.0 Å². The van der Waals surface area contributed by atoms with Crippen LogP contribution in [0.15, 0.2) is 42.5 Å². The molecule has 2 aromatic rings. The zero-order valence-corrected chi connectivity index (χ0v) is 18.0. The first-order valence-electron chi connectivity index (χ1n) is 9.96. The molecular weight excluding hydrogens is 390 g/mol. The van der Waals surface area contributed by atoms with E-state index in [9.17, 15) is 18.7 Å². The molecule has 0 spiro atoms. The highest BCUT2D eigenvalue weighted by Crippen LogP contribution is 2.40.